The van der Waals surface area contributed by atoms with Gasteiger partial charge in [-0.25, -0.2) is 9.37 Å². The van der Waals surface area contributed by atoms with Crippen LogP contribution in [0.4, 0.5) is 20.3 Å². The summed E-state index contributed by atoms with van der Waals surface area (Å²) in [5.41, 5.74) is 1.06. The van der Waals surface area contributed by atoms with E-state index in [0.29, 0.717) is 17.1 Å². The van der Waals surface area contributed by atoms with Crippen molar-refractivity contribution in [2.75, 3.05) is 5.32 Å². The molecular weight excluding hydrogens is 210 g/mol. The van der Waals surface area contributed by atoms with Gasteiger partial charge in [-0.05, 0) is 31.2 Å². The van der Waals surface area contributed by atoms with Crippen molar-refractivity contribution in [1.82, 2.24) is 4.98 Å². The summed E-state index contributed by atoms with van der Waals surface area (Å²) in [5.74, 6) is -0.519. The minimum Gasteiger partial charge on any atom is -0.340 e. The molecule has 82 valence electrons. The van der Waals surface area contributed by atoms with E-state index in [4.69, 9.17) is 0 Å². The maximum absolute atomic E-state index is 13.2. The monoisotopic (exact) mass is 220 g/mol. The highest BCUT2D eigenvalue weighted by Crippen LogP contribution is 2.21. The van der Waals surface area contributed by atoms with Gasteiger partial charge in [0.25, 0.3) is 0 Å². The third kappa shape index (κ3) is 2.16. The first-order valence-corrected chi connectivity index (χ1v) is 4.81. The summed E-state index contributed by atoms with van der Waals surface area (Å²) < 4.78 is 26.1. The number of nitrogens with zero attached hydrogens (tertiary/aromatic N) is 1. The van der Waals surface area contributed by atoms with Gasteiger partial charge in [0, 0.05) is 11.3 Å². The number of halogens is 2. The first-order valence-electron chi connectivity index (χ1n) is 4.81. The van der Waals surface area contributed by atoms with Crippen LogP contribution in [0.1, 0.15) is 5.56 Å². The van der Waals surface area contributed by atoms with Crippen LogP contribution in [0.2, 0.25) is 0 Å². The highest BCUT2D eigenvalue weighted by atomic mass is 19.1. The first-order chi connectivity index (χ1) is 7.66. The van der Waals surface area contributed by atoms with Gasteiger partial charge in [0.15, 0.2) is 0 Å². The molecule has 0 unspecified atom stereocenters. The number of rotatable bonds is 2. The zero-order valence-electron chi connectivity index (χ0n) is 8.67. The Labute approximate surface area is 92.0 Å². The highest BCUT2D eigenvalue weighted by molar-refractivity contribution is 5.60. The minimum atomic E-state index is -0.570. The third-order valence-corrected chi connectivity index (χ3v) is 2.25. The molecule has 0 saturated heterocycles. The lowest BCUT2D eigenvalue weighted by Gasteiger charge is -2.08. The Balaban J connectivity index is 2.31. The number of aromatic nitrogens is 1. The normalized spacial score (nSPS) is 10.2. The Morgan fingerprint density at radius 2 is 1.81 bits per heavy atom. The van der Waals surface area contributed by atoms with E-state index in [-0.39, 0.29) is 5.82 Å². The van der Waals surface area contributed by atoms with Crippen molar-refractivity contribution < 1.29 is 8.78 Å². The predicted octanol–water partition coefficient (Wildman–Crippen LogP) is 3.41. The Morgan fingerprint density at radius 3 is 2.56 bits per heavy atom. The van der Waals surface area contributed by atoms with Crippen LogP contribution in [0.25, 0.3) is 0 Å². The number of nitrogens with one attached hydrogen (secondary N) is 1. The molecule has 0 aliphatic carbocycles. The van der Waals surface area contributed by atoms with E-state index >= 15 is 0 Å². The second-order valence-corrected chi connectivity index (χ2v) is 3.38. The van der Waals surface area contributed by atoms with Crippen LogP contribution in [0.3, 0.4) is 0 Å². The lowest BCUT2D eigenvalue weighted by atomic mass is 10.2. The number of hydrogen-bond donors (Lipinski definition) is 1. The van der Waals surface area contributed by atoms with Crippen molar-refractivity contribution >= 4 is 11.5 Å². The van der Waals surface area contributed by atoms with Gasteiger partial charge in [0.05, 0.1) is 0 Å². The van der Waals surface area contributed by atoms with Gasteiger partial charge in [-0.3, -0.25) is 0 Å². The summed E-state index contributed by atoms with van der Waals surface area (Å²) >= 11 is 0. The van der Waals surface area contributed by atoms with E-state index in [1.807, 2.05) is 0 Å². The van der Waals surface area contributed by atoms with Crippen LogP contribution in [0.5, 0.6) is 0 Å². The van der Waals surface area contributed by atoms with Crippen LogP contribution in [-0.2, 0) is 0 Å². The minimum absolute atomic E-state index is 0.304. The van der Waals surface area contributed by atoms with E-state index in [9.17, 15) is 8.78 Å². The van der Waals surface area contributed by atoms with Crippen molar-refractivity contribution in [3.63, 3.8) is 0 Å². The van der Waals surface area contributed by atoms with Gasteiger partial charge >= 0.3 is 0 Å². The van der Waals surface area contributed by atoms with E-state index in [0.717, 1.165) is 0 Å². The average molecular weight is 220 g/mol. The van der Waals surface area contributed by atoms with Gasteiger partial charge in [0.1, 0.15) is 11.6 Å². The Morgan fingerprint density at radius 1 is 1.06 bits per heavy atom. The van der Waals surface area contributed by atoms with E-state index in [1.165, 1.54) is 12.1 Å². The SMILES string of the molecule is Cc1c(F)cccc1Nc1cccc(F)n1. The Hall–Kier alpha value is -1.97. The summed E-state index contributed by atoms with van der Waals surface area (Å²) in [7, 11) is 0. The Bertz CT molecular complexity index is 512. The highest BCUT2D eigenvalue weighted by Gasteiger charge is 2.04. The van der Waals surface area contributed by atoms with Crippen LogP contribution in [0, 0.1) is 18.7 Å². The van der Waals surface area contributed by atoms with Gasteiger partial charge in [-0.2, -0.15) is 4.39 Å². The summed E-state index contributed by atoms with van der Waals surface area (Å²) in [6.45, 7) is 1.65. The fourth-order valence-corrected chi connectivity index (χ4v) is 1.36. The average Bonchev–Trinajstić information content (AvgIpc) is 2.25. The lowest BCUT2D eigenvalue weighted by molar-refractivity contribution is 0.585. The predicted molar refractivity (Wildman–Crippen MR) is 58.6 cm³/mol. The first kappa shape index (κ1) is 10.5. The topological polar surface area (TPSA) is 24.9 Å². The molecule has 0 radical (unpaired) electrons. The van der Waals surface area contributed by atoms with Gasteiger partial charge < -0.3 is 5.32 Å². The third-order valence-electron chi connectivity index (χ3n) is 2.25. The van der Waals surface area contributed by atoms with Crippen LogP contribution in [-0.4, -0.2) is 4.98 Å². The number of benzene rings is 1. The van der Waals surface area contributed by atoms with E-state index in [1.54, 1.807) is 31.2 Å². The summed E-state index contributed by atoms with van der Waals surface area (Å²) in [5, 5.41) is 2.86. The molecule has 2 aromatic rings. The molecule has 0 aliphatic rings. The molecule has 0 fully saturated rings. The number of hydrogen-bond acceptors (Lipinski definition) is 2. The quantitative estimate of drug-likeness (QED) is 0.784. The molecule has 0 bridgehead atoms. The summed E-state index contributed by atoms with van der Waals surface area (Å²) in [6, 6.07) is 9.09. The Kier molecular flexibility index (Phi) is 2.81. The molecule has 4 heteroatoms. The zero-order valence-corrected chi connectivity index (χ0v) is 8.67. The second kappa shape index (κ2) is 4.26. The van der Waals surface area contributed by atoms with Crippen molar-refractivity contribution in [2.45, 2.75) is 6.92 Å². The molecule has 0 atom stereocenters. The van der Waals surface area contributed by atoms with Gasteiger partial charge in [-0.1, -0.05) is 12.1 Å². The smallest absolute Gasteiger partial charge is 0.214 e. The van der Waals surface area contributed by atoms with E-state index < -0.39 is 5.95 Å². The van der Waals surface area contributed by atoms with E-state index in [2.05, 4.69) is 10.3 Å². The maximum Gasteiger partial charge on any atom is 0.214 e. The largest absolute Gasteiger partial charge is 0.340 e. The fraction of sp³-hybridized carbons (Fsp3) is 0.0833. The van der Waals surface area contributed by atoms with Gasteiger partial charge in [0.2, 0.25) is 5.95 Å². The standard InChI is InChI=1S/C12H10F2N2/c1-8-9(13)4-2-5-10(8)15-12-7-3-6-11(14)16-12/h2-7H,1H3,(H,15,16). The number of anilines is 2. The molecule has 2 nitrogen and oxygen atoms in total. The second-order valence-electron chi connectivity index (χ2n) is 3.38. The molecule has 2 rings (SSSR count). The van der Waals surface area contributed by atoms with Crippen molar-refractivity contribution in [2.24, 2.45) is 0 Å². The van der Waals surface area contributed by atoms with Crippen molar-refractivity contribution in [3.8, 4) is 0 Å². The molecule has 1 aromatic carbocycles. The summed E-state index contributed by atoms with van der Waals surface area (Å²) in [6.07, 6.45) is 0. The summed E-state index contributed by atoms with van der Waals surface area (Å²) in [4.78, 5) is 3.64. The van der Waals surface area contributed by atoms with Gasteiger partial charge in [-0.15, -0.1) is 0 Å². The van der Waals surface area contributed by atoms with Crippen LogP contribution < -0.4 is 5.32 Å². The molecule has 0 amide bonds. The van der Waals surface area contributed by atoms with Crippen LogP contribution >= 0.6 is 0 Å². The number of pyridine rings is 1. The molecule has 0 spiro atoms. The molecule has 1 N–H and O–H groups in total. The molecule has 0 aliphatic heterocycles. The van der Waals surface area contributed by atoms with Crippen molar-refractivity contribution in [3.05, 3.63) is 53.7 Å². The molecule has 1 aromatic heterocycles. The molecule has 1 heterocycles. The molecule has 16 heavy (non-hydrogen) atoms. The molecular formula is C12H10F2N2. The van der Waals surface area contributed by atoms with Crippen molar-refractivity contribution in [1.29, 1.82) is 0 Å². The van der Waals surface area contributed by atoms with Crippen LogP contribution in [0.15, 0.2) is 36.4 Å². The lowest BCUT2D eigenvalue weighted by Crippen LogP contribution is -1.98. The maximum atomic E-state index is 13.2. The fourth-order valence-electron chi connectivity index (χ4n) is 1.36. The zero-order chi connectivity index (χ0) is 11.5. The molecule has 0 saturated carbocycles.